The van der Waals surface area contributed by atoms with E-state index in [0.717, 1.165) is 45.8 Å². The Labute approximate surface area is 170 Å². The number of aryl methyl sites for hydroxylation is 2. The van der Waals surface area contributed by atoms with Crippen LogP contribution in [0.4, 0.5) is 0 Å². The summed E-state index contributed by atoms with van der Waals surface area (Å²) in [5.74, 6) is 3.62. The van der Waals surface area contributed by atoms with E-state index in [0.29, 0.717) is 11.5 Å². The van der Waals surface area contributed by atoms with E-state index in [1.807, 2.05) is 54.6 Å². The molecule has 4 rings (SSSR count). The minimum atomic E-state index is 0.646. The number of hydrogen-bond acceptors (Lipinski definition) is 4. The summed E-state index contributed by atoms with van der Waals surface area (Å²) in [6, 6.07) is 19.7. The molecular formula is C25H24O4. The molecule has 148 valence electrons. The topological polar surface area (TPSA) is 40.8 Å². The van der Waals surface area contributed by atoms with Gasteiger partial charge in [-0.05, 0) is 61.4 Å². The van der Waals surface area contributed by atoms with Gasteiger partial charge in [0.2, 0.25) is 0 Å². The highest BCUT2D eigenvalue weighted by atomic mass is 16.5. The molecule has 0 radical (unpaired) electrons. The molecule has 0 aliphatic heterocycles. The molecule has 0 spiro atoms. The van der Waals surface area contributed by atoms with Gasteiger partial charge in [0, 0.05) is 16.5 Å². The Hall–Kier alpha value is -3.40. The first-order valence-electron chi connectivity index (χ1n) is 9.66. The van der Waals surface area contributed by atoms with E-state index in [2.05, 4.69) is 19.9 Å². The van der Waals surface area contributed by atoms with Gasteiger partial charge in [-0.2, -0.15) is 0 Å². The highest BCUT2D eigenvalue weighted by molar-refractivity contribution is 5.92. The lowest BCUT2D eigenvalue weighted by molar-refractivity contribution is 0.379. The highest BCUT2D eigenvalue weighted by Gasteiger charge is 2.18. The second-order valence-corrected chi connectivity index (χ2v) is 6.87. The fourth-order valence-corrected chi connectivity index (χ4v) is 3.48. The molecular weight excluding hydrogens is 364 g/mol. The molecule has 1 aromatic heterocycles. The van der Waals surface area contributed by atoms with Gasteiger partial charge in [0.05, 0.1) is 14.2 Å². The molecule has 0 saturated carbocycles. The third kappa shape index (κ3) is 3.54. The molecule has 0 N–H and O–H groups in total. The zero-order valence-corrected chi connectivity index (χ0v) is 17.1. The number of methoxy groups -OCH3 is 2. The summed E-state index contributed by atoms with van der Waals surface area (Å²) >= 11 is 0. The van der Waals surface area contributed by atoms with Crippen molar-refractivity contribution in [1.82, 2.24) is 0 Å². The van der Waals surface area contributed by atoms with Gasteiger partial charge in [0.15, 0.2) is 22.8 Å². The Morgan fingerprint density at radius 2 is 1.59 bits per heavy atom. The van der Waals surface area contributed by atoms with Crippen molar-refractivity contribution in [2.45, 2.75) is 20.3 Å². The van der Waals surface area contributed by atoms with Crippen LogP contribution in [0.3, 0.4) is 0 Å². The predicted octanol–water partition coefficient (Wildman–Crippen LogP) is 6.78. The molecule has 0 aliphatic rings. The predicted molar refractivity (Wildman–Crippen MR) is 115 cm³/mol. The van der Waals surface area contributed by atoms with E-state index in [1.165, 1.54) is 5.56 Å². The number of hydrogen-bond donors (Lipinski definition) is 0. The molecule has 0 aliphatic carbocycles. The van der Waals surface area contributed by atoms with Crippen LogP contribution in [-0.4, -0.2) is 14.2 Å². The zero-order valence-electron chi connectivity index (χ0n) is 17.1. The van der Waals surface area contributed by atoms with Crippen LogP contribution in [0, 0.1) is 6.92 Å². The Kier molecular flexibility index (Phi) is 5.17. The van der Waals surface area contributed by atoms with Crippen LogP contribution >= 0.6 is 0 Å². The lowest BCUT2D eigenvalue weighted by Gasteiger charge is -2.11. The number of ether oxygens (including phenoxy) is 3. The van der Waals surface area contributed by atoms with Crippen molar-refractivity contribution in [2.24, 2.45) is 0 Å². The molecule has 0 atom stereocenters. The molecule has 1 heterocycles. The van der Waals surface area contributed by atoms with E-state index in [1.54, 1.807) is 14.2 Å². The van der Waals surface area contributed by atoms with Crippen LogP contribution < -0.4 is 14.2 Å². The van der Waals surface area contributed by atoms with Gasteiger partial charge < -0.3 is 18.6 Å². The monoisotopic (exact) mass is 388 g/mol. The maximum atomic E-state index is 6.24. The summed E-state index contributed by atoms with van der Waals surface area (Å²) in [5, 5.41) is 1.07. The van der Waals surface area contributed by atoms with Gasteiger partial charge in [-0.15, -0.1) is 0 Å². The molecule has 0 amide bonds. The summed E-state index contributed by atoms with van der Waals surface area (Å²) < 4.78 is 23.4. The Bertz CT molecular complexity index is 1140. The van der Waals surface area contributed by atoms with Crippen molar-refractivity contribution in [1.29, 1.82) is 0 Å². The molecule has 4 nitrogen and oxygen atoms in total. The fraction of sp³-hybridized carbons (Fsp3) is 0.200. The van der Waals surface area contributed by atoms with E-state index in [9.17, 15) is 0 Å². The second-order valence-electron chi connectivity index (χ2n) is 6.87. The van der Waals surface area contributed by atoms with Crippen molar-refractivity contribution in [2.75, 3.05) is 14.2 Å². The lowest BCUT2D eigenvalue weighted by Crippen LogP contribution is -1.91. The Morgan fingerprint density at radius 1 is 0.828 bits per heavy atom. The number of fused-ring (bicyclic) bond motifs is 1. The number of furan rings is 1. The number of para-hydroxylation sites is 1. The molecule has 3 aromatic carbocycles. The molecule has 4 aromatic rings. The largest absolute Gasteiger partial charge is 0.493 e. The minimum Gasteiger partial charge on any atom is -0.493 e. The van der Waals surface area contributed by atoms with Crippen LogP contribution in [0.5, 0.6) is 23.0 Å². The third-order valence-electron chi connectivity index (χ3n) is 5.09. The van der Waals surface area contributed by atoms with E-state index < -0.39 is 0 Å². The van der Waals surface area contributed by atoms with E-state index in [4.69, 9.17) is 18.6 Å². The summed E-state index contributed by atoms with van der Waals surface area (Å²) in [7, 11) is 3.31. The molecule has 4 heteroatoms. The summed E-state index contributed by atoms with van der Waals surface area (Å²) in [6.07, 6.45) is 0.936. The van der Waals surface area contributed by atoms with Crippen LogP contribution in [0.2, 0.25) is 0 Å². The molecule has 0 saturated heterocycles. The second kappa shape index (κ2) is 7.92. The quantitative estimate of drug-likeness (QED) is 0.365. The first-order valence-corrected chi connectivity index (χ1v) is 9.66. The molecule has 29 heavy (non-hydrogen) atoms. The van der Waals surface area contributed by atoms with E-state index in [-0.39, 0.29) is 0 Å². The van der Waals surface area contributed by atoms with Crippen LogP contribution in [0.1, 0.15) is 18.1 Å². The average molecular weight is 388 g/mol. The van der Waals surface area contributed by atoms with Gasteiger partial charge in [-0.25, -0.2) is 0 Å². The maximum absolute atomic E-state index is 6.24. The van der Waals surface area contributed by atoms with Gasteiger partial charge in [-0.3, -0.25) is 0 Å². The van der Waals surface area contributed by atoms with Gasteiger partial charge in [-0.1, -0.05) is 25.1 Å². The standard InChI is InChI=1S/C25H24O4/c1-5-17-13-20-16(2)24(29-25(20)23(14-17)27-4)18-11-12-21(22(15-18)26-3)28-19-9-7-6-8-10-19/h6-15H,5H2,1-4H3. The number of benzene rings is 3. The van der Waals surface area contributed by atoms with Crippen LogP contribution in [0.25, 0.3) is 22.3 Å². The SMILES string of the molecule is CCc1cc(OC)c2oc(-c3ccc(Oc4ccccc4)c(OC)c3)c(C)c2c1. The highest BCUT2D eigenvalue weighted by Crippen LogP contribution is 2.41. The first kappa shape index (κ1) is 18.9. The lowest BCUT2D eigenvalue weighted by atomic mass is 10.0. The number of rotatable bonds is 6. The van der Waals surface area contributed by atoms with Gasteiger partial charge in [0.25, 0.3) is 0 Å². The van der Waals surface area contributed by atoms with Gasteiger partial charge >= 0.3 is 0 Å². The Balaban J connectivity index is 1.78. The van der Waals surface area contributed by atoms with E-state index >= 15 is 0 Å². The molecule has 0 unspecified atom stereocenters. The van der Waals surface area contributed by atoms with Crippen molar-refractivity contribution >= 4 is 11.0 Å². The summed E-state index contributed by atoms with van der Waals surface area (Å²) in [5.41, 5.74) is 3.98. The van der Waals surface area contributed by atoms with Crippen molar-refractivity contribution in [3.05, 3.63) is 71.8 Å². The smallest absolute Gasteiger partial charge is 0.176 e. The molecule has 0 bridgehead atoms. The van der Waals surface area contributed by atoms with Gasteiger partial charge in [0.1, 0.15) is 11.5 Å². The third-order valence-corrected chi connectivity index (χ3v) is 5.09. The maximum Gasteiger partial charge on any atom is 0.176 e. The minimum absolute atomic E-state index is 0.646. The van der Waals surface area contributed by atoms with Crippen molar-refractivity contribution in [3.63, 3.8) is 0 Å². The fourth-order valence-electron chi connectivity index (χ4n) is 3.48. The van der Waals surface area contributed by atoms with Crippen molar-refractivity contribution < 1.29 is 18.6 Å². The first-order chi connectivity index (χ1) is 14.1. The molecule has 0 fully saturated rings. The van der Waals surface area contributed by atoms with Crippen LogP contribution in [-0.2, 0) is 6.42 Å². The average Bonchev–Trinajstić information content (AvgIpc) is 3.10. The zero-order chi connectivity index (χ0) is 20.4. The normalized spacial score (nSPS) is 10.9. The van der Waals surface area contributed by atoms with Crippen molar-refractivity contribution in [3.8, 4) is 34.3 Å². The Morgan fingerprint density at radius 3 is 2.28 bits per heavy atom. The summed E-state index contributed by atoms with van der Waals surface area (Å²) in [6.45, 7) is 4.20. The summed E-state index contributed by atoms with van der Waals surface area (Å²) in [4.78, 5) is 0. The van der Waals surface area contributed by atoms with Crippen LogP contribution in [0.15, 0.2) is 65.1 Å².